The second-order valence-corrected chi connectivity index (χ2v) is 5.38. The van der Waals surface area contributed by atoms with Gasteiger partial charge >= 0.3 is 0 Å². The molecule has 5 heteroatoms. The first-order valence-corrected chi connectivity index (χ1v) is 7.70. The lowest BCUT2D eigenvalue weighted by Gasteiger charge is -2.15. The molecular weight excluding hydrogens is 286 g/mol. The summed E-state index contributed by atoms with van der Waals surface area (Å²) in [5.41, 5.74) is 1.17. The zero-order chi connectivity index (χ0) is 15.1. The van der Waals surface area contributed by atoms with Crippen LogP contribution in [-0.2, 0) is 6.54 Å². The Morgan fingerprint density at radius 2 is 2.29 bits per heavy atom. The monoisotopic (exact) mass is 307 g/mol. The molecule has 1 heterocycles. The summed E-state index contributed by atoms with van der Waals surface area (Å²) in [6.07, 6.45) is 6.46. The summed E-state index contributed by atoms with van der Waals surface area (Å²) in [5.74, 6) is 0.745. The van der Waals surface area contributed by atoms with Crippen molar-refractivity contribution >= 4 is 11.6 Å². The number of nitrogens with zero attached hydrogens (tertiary/aromatic N) is 2. The van der Waals surface area contributed by atoms with Crippen LogP contribution in [0, 0.1) is 0 Å². The summed E-state index contributed by atoms with van der Waals surface area (Å²) < 4.78 is 7.78. The Kier molecular flexibility index (Phi) is 6.08. The van der Waals surface area contributed by atoms with Gasteiger partial charge in [0, 0.05) is 25.0 Å². The van der Waals surface area contributed by atoms with Crippen molar-refractivity contribution in [3.8, 4) is 5.75 Å². The molecule has 1 unspecified atom stereocenters. The van der Waals surface area contributed by atoms with E-state index in [2.05, 4.69) is 30.2 Å². The number of hydrogen-bond acceptors (Lipinski definition) is 3. The summed E-state index contributed by atoms with van der Waals surface area (Å²) >= 11 is 6.28. The van der Waals surface area contributed by atoms with Gasteiger partial charge in [-0.2, -0.15) is 0 Å². The lowest BCUT2D eigenvalue weighted by molar-refractivity contribution is 0.302. The van der Waals surface area contributed by atoms with Crippen molar-refractivity contribution in [3.05, 3.63) is 47.5 Å². The number of rotatable bonds is 8. The highest BCUT2D eigenvalue weighted by molar-refractivity contribution is 6.32. The van der Waals surface area contributed by atoms with Crippen molar-refractivity contribution in [1.82, 2.24) is 14.9 Å². The zero-order valence-electron chi connectivity index (χ0n) is 12.6. The molecule has 0 fully saturated rings. The van der Waals surface area contributed by atoms with E-state index in [1.165, 1.54) is 5.56 Å². The lowest BCUT2D eigenvalue weighted by atomic mass is 10.1. The summed E-state index contributed by atoms with van der Waals surface area (Å²) in [6.45, 7) is 6.69. The number of imidazole rings is 1. The molecule has 1 aromatic heterocycles. The molecule has 4 nitrogen and oxygen atoms in total. The van der Waals surface area contributed by atoms with Crippen molar-refractivity contribution in [2.75, 3.05) is 13.2 Å². The van der Waals surface area contributed by atoms with Crippen LogP contribution in [-0.4, -0.2) is 22.7 Å². The number of halogens is 1. The van der Waals surface area contributed by atoms with Gasteiger partial charge in [-0.1, -0.05) is 24.6 Å². The first-order chi connectivity index (χ1) is 10.2. The molecule has 1 atom stereocenters. The van der Waals surface area contributed by atoms with Gasteiger partial charge in [-0.15, -0.1) is 0 Å². The van der Waals surface area contributed by atoms with Gasteiger partial charge in [-0.25, -0.2) is 4.98 Å². The fourth-order valence-corrected chi connectivity index (χ4v) is 2.42. The summed E-state index contributed by atoms with van der Waals surface area (Å²) in [4.78, 5) is 4.01. The van der Waals surface area contributed by atoms with Crippen molar-refractivity contribution in [2.24, 2.45) is 0 Å². The maximum absolute atomic E-state index is 6.28. The Balaban J connectivity index is 1.83. The Labute approximate surface area is 131 Å². The van der Waals surface area contributed by atoms with E-state index in [1.54, 1.807) is 6.20 Å². The van der Waals surface area contributed by atoms with Gasteiger partial charge in [0.2, 0.25) is 0 Å². The molecule has 0 aliphatic carbocycles. The average molecular weight is 308 g/mol. The molecule has 0 saturated carbocycles. The Hall–Kier alpha value is -1.52. The van der Waals surface area contributed by atoms with E-state index in [0.29, 0.717) is 17.7 Å². The predicted octanol–water partition coefficient (Wildman–Crippen LogP) is 3.68. The molecular formula is C16H22ClN3O. The molecule has 0 radical (unpaired) electrons. The quantitative estimate of drug-likeness (QED) is 0.756. The molecule has 0 aliphatic heterocycles. The van der Waals surface area contributed by atoms with Crippen molar-refractivity contribution < 1.29 is 4.74 Å². The second-order valence-electron chi connectivity index (χ2n) is 4.97. The topological polar surface area (TPSA) is 39.1 Å². The van der Waals surface area contributed by atoms with E-state index in [9.17, 15) is 0 Å². The van der Waals surface area contributed by atoms with Crippen LogP contribution >= 0.6 is 11.6 Å². The van der Waals surface area contributed by atoms with E-state index >= 15 is 0 Å². The normalized spacial score (nSPS) is 12.3. The second kappa shape index (κ2) is 8.05. The summed E-state index contributed by atoms with van der Waals surface area (Å²) in [7, 11) is 0. The highest BCUT2D eigenvalue weighted by Gasteiger charge is 2.08. The number of hydrogen-bond donors (Lipinski definition) is 1. The van der Waals surface area contributed by atoms with Crippen LogP contribution in [0.25, 0.3) is 0 Å². The third kappa shape index (κ3) is 4.76. The number of benzene rings is 1. The number of ether oxygens (including phenoxy) is 1. The van der Waals surface area contributed by atoms with Crippen molar-refractivity contribution in [2.45, 2.75) is 32.9 Å². The fourth-order valence-electron chi connectivity index (χ4n) is 2.18. The standard InChI is InChI=1S/C16H22ClN3O/c1-3-19-13(2)14-5-6-16(15(17)11-14)21-10-4-8-20-9-7-18-12-20/h5-7,9,11-13,19H,3-4,8,10H2,1-2H3. The van der Waals surface area contributed by atoms with Crippen LogP contribution in [0.3, 0.4) is 0 Å². The van der Waals surface area contributed by atoms with Crippen LogP contribution < -0.4 is 10.1 Å². The Morgan fingerprint density at radius 1 is 1.43 bits per heavy atom. The molecule has 0 spiro atoms. The lowest BCUT2D eigenvalue weighted by Crippen LogP contribution is -2.17. The molecule has 0 bridgehead atoms. The van der Waals surface area contributed by atoms with Gasteiger partial charge in [-0.3, -0.25) is 0 Å². The maximum atomic E-state index is 6.28. The average Bonchev–Trinajstić information content (AvgIpc) is 2.98. The molecule has 2 aromatic rings. The van der Waals surface area contributed by atoms with Crippen LogP contribution in [0.15, 0.2) is 36.9 Å². The molecule has 114 valence electrons. The first-order valence-electron chi connectivity index (χ1n) is 7.32. The number of aromatic nitrogens is 2. The number of nitrogens with one attached hydrogen (secondary N) is 1. The molecule has 2 rings (SSSR count). The van der Waals surface area contributed by atoms with Gasteiger partial charge < -0.3 is 14.6 Å². The maximum Gasteiger partial charge on any atom is 0.137 e. The van der Waals surface area contributed by atoms with E-state index in [1.807, 2.05) is 29.2 Å². The van der Waals surface area contributed by atoms with E-state index < -0.39 is 0 Å². The van der Waals surface area contributed by atoms with E-state index in [4.69, 9.17) is 16.3 Å². The highest BCUT2D eigenvalue weighted by atomic mass is 35.5. The van der Waals surface area contributed by atoms with Crippen LogP contribution in [0.4, 0.5) is 0 Å². The minimum atomic E-state index is 0.294. The van der Waals surface area contributed by atoms with Gasteiger partial charge in [0.15, 0.2) is 0 Å². The molecule has 21 heavy (non-hydrogen) atoms. The van der Waals surface area contributed by atoms with Crippen LogP contribution in [0.1, 0.15) is 31.9 Å². The molecule has 0 aliphatic rings. The Bertz CT molecular complexity index is 542. The smallest absolute Gasteiger partial charge is 0.137 e. The molecule has 0 saturated heterocycles. The van der Waals surface area contributed by atoms with E-state index in [0.717, 1.165) is 25.3 Å². The van der Waals surface area contributed by atoms with Gasteiger partial charge in [0.25, 0.3) is 0 Å². The highest BCUT2D eigenvalue weighted by Crippen LogP contribution is 2.28. The SMILES string of the molecule is CCNC(C)c1ccc(OCCCn2ccnc2)c(Cl)c1. The van der Waals surface area contributed by atoms with Gasteiger partial charge in [0.1, 0.15) is 5.75 Å². The largest absolute Gasteiger partial charge is 0.492 e. The number of aryl methyl sites for hydroxylation is 1. The van der Waals surface area contributed by atoms with Crippen LogP contribution in [0.2, 0.25) is 5.02 Å². The van der Waals surface area contributed by atoms with Crippen molar-refractivity contribution in [3.63, 3.8) is 0 Å². The third-order valence-corrected chi connectivity index (χ3v) is 3.64. The molecule has 0 amide bonds. The van der Waals surface area contributed by atoms with Crippen molar-refractivity contribution in [1.29, 1.82) is 0 Å². The third-order valence-electron chi connectivity index (χ3n) is 3.34. The molecule has 1 aromatic carbocycles. The molecule has 1 N–H and O–H groups in total. The minimum Gasteiger partial charge on any atom is -0.492 e. The Morgan fingerprint density at radius 3 is 2.95 bits per heavy atom. The van der Waals surface area contributed by atoms with E-state index in [-0.39, 0.29) is 0 Å². The predicted molar refractivity (Wildman–Crippen MR) is 85.9 cm³/mol. The summed E-state index contributed by atoms with van der Waals surface area (Å²) in [6, 6.07) is 6.27. The van der Waals surface area contributed by atoms with Gasteiger partial charge in [-0.05, 0) is 37.6 Å². The zero-order valence-corrected chi connectivity index (χ0v) is 13.3. The fraction of sp³-hybridized carbons (Fsp3) is 0.438. The first kappa shape index (κ1) is 15.9. The summed E-state index contributed by atoms with van der Waals surface area (Å²) in [5, 5.41) is 4.03. The van der Waals surface area contributed by atoms with Gasteiger partial charge in [0.05, 0.1) is 18.0 Å². The minimum absolute atomic E-state index is 0.294. The van der Waals surface area contributed by atoms with Crippen LogP contribution in [0.5, 0.6) is 5.75 Å².